The fourth-order valence-corrected chi connectivity index (χ4v) is 4.31. The van der Waals surface area contributed by atoms with E-state index in [1.54, 1.807) is 18.2 Å². The van der Waals surface area contributed by atoms with Crippen LogP contribution in [-0.2, 0) is 18.7 Å². The zero-order chi connectivity index (χ0) is 22.8. The summed E-state index contributed by atoms with van der Waals surface area (Å²) in [6.45, 7) is 1.39. The summed E-state index contributed by atoms with van der Waals surface area (Å²) in [5, 5.41) is 11.8. The van der Waals surface area contributed by atoms with Crippen LogP contribution in [0.25, 0.3) is 0 Å². The first-order valence-electron chi connectivity index (χ1n) is 11.1. The summed E-state index contributed by atoms with van der Waals surface area (Å²) in [6.07, 6.45) is 2.30. The third kappa shape index (κ3) is 4.61. The molecule has 33 heavy (non-hydrogen) atoms. The zero-order valence-electron chi connectivity index (χ0n) is 18.1. The van der Waals surface area contributed by atoms with Crippen LogP contribution in [0.1, 0.15) is 41.1 Å². The van der Waals surface area contributed by atoms with E-state index in [0.29, 0.717) is 18.3 Å². The lowest BCUT2D eigenvalue weighted by Gasteiger charge is -2.27. The minimum atomic E-state index is -1.83. The molecule has 0 atom stereocenters. The molecule has 5 heteroatoms. The Bertz CT molecular complexity index is 1190. The zero-order valence-corrected chi connectivity index (χ0v) is 18.1. The van der Waals surface area contributed by atoms with E-state index in [2.05, 4.69) is 17.0 Å². The van der Waals surface area contributed by atoms with Crippen molar-refractivity contribution in [2.24, 2.45) is 0 Å². The smallest absolute Gasteiger partial charge is 0.173 e. The number of halogens is 2. The van der Waals surface area contributed by atoms with E-state index in [0.717, 1.165) is 19.4 Å². The lowest BCUT2D eigenvalue weighted by Crippen LogP contribution is -2.29. The van der Waals surface area contributed by atoms with E-state index >= 15 is 0 Å². The fourth-order valence-electron chi connectivity index (χ4n) is 4.31. The Kier molecular flexibility index (Phi) is 5.83. The Hall–Kier alpha value is -3.28. The Labute approximate surface area is 191 Å². The van der Waals surface area contributed by atoms with Gasteiger partial charge in [-0.25, -0.2) is 8.78 Å². The van der Waals surface area contributed by atoms with Crippen LogP contribution < -0.4 is 0 Å². The van der Waals surface area contributed by atoms with Crippen molar-refractivity contribution in [2.45, 2.75) is 37.6 Å². The molecule has 1 N–H and O–H groups in total. The van der Waals surface area contributed by atoms with Crippen molar-refractivity contribution in [3.05, 3.63) is 131 Å². The van der Waals surface area contributed by atoms with Crippen molar-refractivity contribution < 1.29 is 18.3 Å². The number of aliphatic hydroxyl groups is 1. The van der Waals surface area contributed by atoms with E-state index in [-0.39, 0.29) is 16.9 Å². The molecule has 0 spiro atoms. The summed E-state index contributed by atoms with van der Waals surface area (Å²) in [4.78, 5) is 2.36. The Morgan fingerprint density at radius 3 is 2.00 bits per heavy atom. The molecular formula is C28H25F2NO2. The lowest BCUT2D eigenvalue weighted by molar-refractivity contribution is 0.0943. The largest absolute Gasteiger partial charge is 0.461 e. The van der Waals surface area contributed by atoms with Crippen molar-refractivity contribution >= 4 is 0 Å². The van der Waals surface area contributed by atoms with Gasteiger partial charge in [0.05, 0.1) is 6.54 Å². The molecule has 0 bridgehead atoms. The molecule has 1 aliphatic carbocycles. The summed E-state index contributed by atoms with van der Waals surface area (Å²) in [7, 11) is 0. The van der Waals surface area contributed by atoms with Crippen molar-refractivity contribution in [3.63, 3.8) is 0 Å². The summed E-state index contributed by atoms with van der Waals surface area (Å²) >= 11 is 0. The quantitative estimate of drug-likeness (QED) is 0.361. The minimum Gasteiger partial charge on any atom is -0.461 e. The second-order valence-corrected chi connectivity index (χ2v) is 8.62. The summed E-state index contributed by atoms with van der Waals surface area (Å²) in [6, 6.07) is 25.7. The number of nitrogens with zero attached hydrogens (tertiary/aromatic N) is 1. The van der Waals surface area contributed by atoms with E-state index in [1.165, 1.54) is 42.0 Å². The number of hydrogen-bond acceptors (Lipinski definition) is 3. The Morgan fingerprint density at radius 1 is 0.788 bits per heavy atom. The summed E-state index contributed by atoms with van der Waals surface area (Å²) in [5.41, 5.74) is -0.0476. The molecule has 1 saturated carbocycles. The first-order valence-corrected chi connectivity index (χ1v) is 11.1. The van der Waals surface area contributed by atoms with Gasteiger partial charge in [-0.2, -0.15) is 0 Å². The highest BCUT2D eigenvalue weighted by atomic mass is 19.1. The molecule has 0 unspecified atom stereocenters. The van der Waals surface area contributed by atoms with Crippen LogP contribution in [0.3, 0.4) is 0 Å². The van der Waals surface area contributed by atoms with Crippen molar-refractivity contribution in [2.75, 3.05) is 0 Å². The van der Waals surface area contributed by atoms with Crippen molar-refractivity contribution in [3.8, 4) is 0 Å². The average Bonchev–Trinajstić information content (AvgIpc) is 3.57. The van der Waals surface area contributed by atoms with Gasteiger partial charge in [-0.1, -0.05) is 54.6 Å². The van der Waals surface area contributed by atoms with Gasteiger partial charge in [0, 0.05) is 12.6 Å². The van der Waals surface area contributed by atoms with Gasteiger partial charge in [-0.15, -0.1) is 0 Å². The molecule has 0 saturated heterocycles. The molecule has 0 amide bonds. The lowest BCUT2D eigenvalue weighted by atomic mass is 9.84. The highest BCUT2D eigenvalue weighted by Crippen LogP contribution is 2.39. The Balaban J connectivity index is 1.48. The second-order valence-electron chi connectivity index (χ2n) is 8.62. The van der Waals surface area contributed by atoms with Crippen LogP contribution in [0.5, 0.6) is 0 Å². The standard InChI is InChI=1S/C28H25F2NO2/c29-23-10-4-8-21(16-23)28(32,22-9-5-11-24(30)17-22)27-15-14-26(33-27)19-31(25-12-13-25)18-20-6-2-1-3-7-20/h1-11,14-17,25,32H,12-13,18-19H2. The molecule has 1 aromatic heterocycles. The molecule has 1 heterocycles. The first-order chi connectivity index (χ1) is 16.0. The molecule has 1 fully saturated rings. The number of benzene rings is 3. The third-order valence-electron chi connectivity index (χ3n) is 6.15. The summed E-state index contributed by atoms with van der Waals surface area (Å²) in [5.74, 6) is -0.0584. The number of hydrogen-bond donors (Lipinski definition) is 1. The van der Waals surface area contributed by atoms with Crippen LogP contribution in [-0.4, -0.2) is 16.0 Å². The van der Waals surface area contributed by atoms with Gasteiger partial charge in [0.1, 0.15) is 23.2 Å². The molecule has 0 radical (unpaired) electrons. The molecule has 5 rings (SSSR count). The number of rotatable bonds is 8. The maximum absolute atomic E-state index is 14.1. The monoisotopic (exact) mass is 445 g/mol. The van der Waals surface area contributed by atoms with Crippen LogP contribution >= 0.6 is 0 Å². The van der Waals surface area contributed by atoms with Gasteiger partial charge in [0.15, 0.2) is 5.60 Å². The van der Waals surface area contributed by atoms with Crippen LogP contribution in [0.15, 0.2) is 95.4 Å². The second kappa shape index (κ2) is 8.93. The normalized spacial score (nSPS) is 14.1. The molecular weight excluding hydrogens is 420 g/mol. The van der Waals surface area contributed by atoms with Gasteiger partial charge in [0.2, 0.25) is 0 Å². The van der Waals surface area contributed by atoms with E-state index < -0.39 is 17.2 Å². The minimum absolute atomic E-state index is 0.226. The fraction of sp³-hybridized carbons (Fsp3) is 0.214. The molecule has 0 aliphatic heterocycles. The average molecular weight is 446 g/mol. The van der Waals surface area contributed by atoms with E-state index in [4.69, 9.17) is 4.42 Å². The predicted molar refractivity (Wildman–Crippen MR) is 122 cm³/mol. The SMILES string of the molecule is OC(c1cccc(F)c1)(c1cccc(F)c1)c1ccc(CN(Cc2ccccc2)C2CC2)o1. The van der Waals surface area contributed by atoms with Crippen LogP contribution in [0, 0.1) is 11.6 Å². The molecule has 4 aromatic rings. The summed E-state index contributed by atoms with van der Waals surface area (Å²) < 4.78 is 34.3. The maximum Gasteiger partial charge on any atom is 0.173 e. The number of furan rings is 1. The maximum atomic E-state index is 14.1. The van der Waals surface area contributed by atoms with Crippen molar-refractivity contribution in [1.29, 1.82) is 0 Å². The van der Waals surface area contributed by atoms with Gasteiger partial charge < -0.3 is 9.52 Å². The van der Waals surface area contributed by atoms with Crippen LogP contribution in [0.2, 0.25) is 0 Å². The highest BCUT2D eigenvalue weighted by molar-refractivity contribution is 5.44. The predicted octanol–water partition coefficient (Wildman–Crippen LogP) is 6.01. The van der Waals surface area contributed by atoms with E-state index in [9.17, 15) is 13.9 Å². The van der Waals surface area contributed by atoms with Crippen LogP contribution in [0.4, 0.5) is 8.78 Å². The molecule has 168 valence electrons. The Morgan fingerprint density at radius 2 is 1.42 bits per heavy atom. The van der Waals surface area contributed by atoms with Crippen molar-refractivity contribution in [1.82, 2.24) is 4.90 Å². The van der Waals surface area contributed by atoms with E-state index in [1.807, 2.05) is 24.3 Å². The van der Waals surface area contributed by atoms with Gasteiger partial charge in [-0.05, 0) is 65.9 Å². The van der Waals surface area contributed by atoms with Gasteiger partial charge in [-0.3, -0.25) is 4.90 Å². The first kappa shape index (κ1) is 21.6. The molecule has 3 aromatic carbocycles. The molecule has 3 nitrogen and oxygen atoms in total. The third-order valence-corrected chi connectivity index (χ3v) is 6.15. The highest BCUT2D eigenvalue weighted by Gasteiger charge is 2.38. The van der Waals surface area contributed by atoms with Gasteiger partial charge in [0.25, 0.3) is 0 Å². The topological polar surface area (TPSA) is 36.6 Å². The van der Waals surface area contributed by atoms with Gasteiger partial charge >= 0.3 is 0 Å². The molecule has 1 aliphatic rings.